The summed E-state index contributed by atoms with van der Waals surface area (Å²) in [5.41, 5.74) is 0. The van der Waals surface area contributed by atoms with E-state index in [4.69, 9.17) is 14.2 Å². The molecule has 0 heterocycles. The fourth-order valence-electron chi connectivity index (χ4n) is 8.15. The second-order valence-corrected chi connectivity index (χ2v) is 19.5. The minimum atomic E-state index is -0.797. The Morgan fingerprint density at radius 3 is 0.929 bits per heavy atom. The fourth-order valence-corrected chi connectivity index (χ4v) is 8.15. The monoisotopic (exact) mass is 975 g/mol. The van der Waals surface area contributed by atoms with Crippen LogP contribution in [0, 0.1) is 0 Å². The van der Waals surface area contributed by atoms with Crippen molar-refractivity contribution in [2.75, 3.05) is 13.2 Å². The summed E-state index contributed by atoms with van der Waals surface area (Å²) in [7, 11) is 0. The highest BCUT2D eigenvalue weighted by Gasteiger charge is 2.19. The largest absolute Gasteiger partial charge is 0.462 e. The standard InChI is InChI=1S/C64H110O6/c1-4-7-10-13-16-19-22-25-28-30-31-32-33-35-36-39-42-45-48-51-54-57-63(66)69-60-61(59-68-62(65)56-53-50-47-44-41-38-27-24-21-18-15-12-9-6-3)70-64(67)58-55-52-49-46-43-40-37-34-29-26-23-20-17-14-11-8-5-2/h8,11,15,17-18,20,24,26-27,29-31,37,40,61H,4-7,9-10,12-14,16,19,21-23,25,28,32-36,38-39,41-60H2,1-3H3/b11-8-,18-15-,20-17-,27-24-,29-26-,31-30-,40-37-. The average molecular weight is 976 g/mol. The summed E-state index contributed by atoms with van der Waals surface area (Å²) in [6.07, 6.45) is 75.7. The molecule has 0 fully saturated rings. The molecule has 70 heavy (non-hydrogen) atoms. The van der Waals surface area contributed by atoms with E-state index in [2.05, 4.69) is 106 Å². The summed E-state index contributed by atoms with van der Waals surface area (Å²) >= 11 is 0. The molecule has 1 unspecified atom stereocenters. The molecule has 0 aromatic carbocycles. The molecule has 1 atom stereocenters. The van der Waals surface area contributed by atoms with Crippen molar-refractivity contribution in [3.05, 3.63) is 85.1 Å². The zero-order chi connectivity index (χ0) is 50.7. The lowest BCUT2D eigenvalue weighted by Gasteiger charge is -2.18. The Bertz CT molecular complexity index is 1350. The predicted octanol–water partition coefficient (Wildman–Crippen LogP) is 19.9. The SMILES string of the molecule is CC/C=C\C/C=C\C/C=C\C/C=C\CCCCCCC(=O)OC(COC(=O)CCCCCCC/C=C\C/C=C\CCCC)COC(=O)CCCCCCCCCCC/C=C\CCCCCCCCCC. The first-order chi connectivity index (χ1) is 34.5. The van der Waals surface area contributed by atoms with Gasteiger partial charge in [-0.1, -0.05) is 241 Å². The molecular weight excluding hydrogens is 865 g/mol. The molecule has 6 heteroatoms. The second kappa shape index (κ2) is 58.2. The molecule has 0 aliphatic carbocycles. The highest BCUT2D eigenvalue weighted by atomic mass is 16.6. The van der Waals surface area contributed by atoms with E-state index in [1.54, 1.807) is 0 Å². The molecule has 0 radical (unpaired) electrons. The first kappa shape index (κ1) is 66.6. The van der Waals surface area contributed by atoms with E-state index in [0.29, 0.717) is 19.3 Å². The summed E-state index contributed by atoms with van der Waals surface area (Å²) < 4.78 is 16.9. The molecule has 0 bridgehead atoms. The van der Waals surface area contributed by atoms with Crippen LogP contribution >= 0.6 is 0 Å². The Balaban J connectivity index is 4.40. The molecule has 0 aromatic rings. The van der Waals surface area contributed by atoms with E-state index >= 15 is 0 Å². The maximum atomic E-state index is 12.9. The number of ether oxygens (including phenoxy) is 3. The van der Waals surface area contributed by atoms with Crippen molar-refractivity contribution in [2.45, 2.75) is 290 Å². The minimum absolute atomic E-state index is 0.0919. The van der Waals surface area contributed by atoms with Crippen molar-refractivity contribution in [1.29, 1.82) is 0 Å². The van der Waals surface area contributed by atoms with Crippen LogP contribution in [0.5, 0.6) is 0 Å². The lowest BCUT2D eigenvalue weighted by molar-refractivity contribution is -0.167. The van der Waals surface area contributed by atoms with Crippen molar-refractivity contribution in [2.24, 2.45) is 0 Å². The lowest BCUT2D eigenvalue weighted by Crippen LogP contribution is -2.30. The number of carbonyl (C=O) groups is 3. The van der Waals surface area contributed by atoms with E-state index in [0.717, 1.165) is 122 Å². The highest BCUT2D eigenvalue weighted by Crippen LogP contribution is 2.15. The van der Waals surface area contributed by atoms with Crippen LogP contribution in [0.3, 0.4) is 0 Å². The number of hydrogen-bond donors (Lipinski definition) is 0. The summed E-state index contributed by atoms with van der Waals surface area (Å²) in [4.78, 5) is 38.2. The summed E-state index contributed by atoms with van der Waals surface area (Å²) in [6.45, 7) is 6.47. The number of unbranched alkanes of at least 4 members (excludes halogenated alkanes) is 28. The van der Waals surface area contributed by atoms with Gasteiger partial charge in [0.2, 0.25) is 0 Å². The molecule has 0 amide bonds. The number of rotatable bonds is 53. The highest BCUT2D eigenvalue weighted by molar-refractivity contribution is 5.71. The van der Waals surface area contributed by atoms with E-state index in [-0.39, 0.29) is 31.1 Å². The summed E-state index contributed by atoms with van der Waals surface area (Å²) in [6, 6.07) is 0. The van der Waals surface area contributed by atoms with Crippen molar-refractivity contribution in [3.63, 3.8) is 0 Å². The van der Waals surface area contributed by atoms with E-state index < -0.39 is 6.10 Å². The van der Waals surface area contributed by atoms with Gasteiger partial charge in [0.05, 0.1) is 0 Å². The Labute approximate surface area is 433 Å². The van der Waals surface area contributed by atoms with Crippen molar-refractivity contribution in [1.82, 2.24) is 0 Å². The van der Waals surface area contributed by atoms with Gasteiger partial charge in [-0.3, -0.25) is 14.4 Å². The van der Waals surface area contributed by atoms with Crippen LogP contribution in [0.25, 0.3) is 0 Å². The van der Waals surface area contributed by atoms with Crippen LogP contribution in [0.2, 0.25) is 0 Å². The molecule has 402 valence electrons. The van der Waals surface area contributed by atoms with Crippen molar-refractivity contribution < 1.29 is 28.6 Å². The van der Waals surface area contributed by atoms with Gasteiger partial charge >= 0.3 is 17.9 Å². The van der Waals surface area contributed by atoms with Crippen LogP contribution in [0.15, 0.2) is 85.1 Å². The van der Waals surface area contributed by atoms with Gasteiger partial charge in [-0.25, -0.2) is 0 Å². The van der Waals surface area contributed by atoms with Gasteiger partial charge in [0.25, 0.3) is 0 Å². The van der Waals surface area contributed by atoms with E-state index in [1.807, 2.05) is 0 Å². The Morgan fingerprint density at radius 1 is 0.300 bits per heavy atom. The molecule has 6 nitrogen and oxygen atoms in total. The number of hydrogen-bond acceptors (Lipinski definition) is 6. The molecule has 0 N–H and O–H groups in total. The average Bonchev–Trinajstić information content (AvgIpc) is 3.36. The number of carbonyl (C=O) groups excluding carboxylic acids is 3. The van der Waals surface area contributed by atoms with Gasteiger partial charge in [0.1, 0.15) is 13.2 Å². The van der Waals surface area contributed by atoms with Crippen LogP contribution in [0.4, 0.5) is 0 Å². The van der Waals surface area contributed by atoms with Gasteiger partial charge in [-0.15, -0.1) is 0 Å². The van der Waals surface area contributed by atoms with Crippen LogP contribution in [0.1, 0.15) is 284 Å². The third-order valence-corrected chi connectivity index (χ3v) is 12.6. The van der Waals surface area contributed by atoms with Gasteiger partial charge in [0.15, 0.2) is 6.10 Å². The molecule has 0 aliphatic heterocycles. The zero-order valence-electron chi connectivity index (χ0n) is 46.0. The van der Waals surface area contributed by atoms with Gasteiger partial charge in [-0.2, -0.15) is 0 Å². The quantitative estimate of drug-likeness (QED) is 0.0261. The second-order valence-electron chi connectivity index (χ2n) is 19.5. The van der Waals surface area contributed by atoms with Crippen LogP contribution in [-0.2, 0) is 28.6 Å². The molecule has 0 saturated carbocycles. The van der Waals surface area contributed by atoms with E-state index in [1.165, 1.54) is 122 Å². The first-order valence-electron chi connectivity index (χ1n) is 29.6. The molecule has 0 rings (SSSR count). The topological polar surface area (TPSA) is 78.9 Å². The smallest absolute Gasteiger partial charge is 0.306 e. The lowest BCUT2D eigenvalue weighted by atomic mass is 10.1. The van der Waals surface area contributed by atoms with Gasteiger partial charge in [-0.05, 0) is 109 Å². The Hall–Kier alpha value is -3.41. The number of esters is 3. The minimum Gasteiger partial charge on any atom is -0.462 e. The molecule has 0 aromatic heterocycles. The molecular formula is C64H110O6. The number of allylic oxidation sites excluding steroid dienone is 14. The summed E-state index contributed by atoms with van der Waals surface area (Å²) in [5.74, 6) is -0.926. The Morgan fingerprint density at radius 2 is 0.571 bits per heavy atom. The maximum absolute atomic E-state index is 12.9. The third-order valence-electron chi connectivity index (χ3n) is 12.6. The molecule has 0 aliphatic rings. The van der Waals surface area contributed by atoms with Gasteiger partial charge < -0.3 is 14.2 Å². The third kappa shape index (κ3) is 55.5. The maximum Gasteiger partial charge on any atom is 0.306 e. The van der Waals surface area contributed by atoms with Crippen LogP contribution in [-0.4, -0.2) is 37.2 Å². The fraction of sp³-hybridized carbons (Fsp3) is 0.734. The Kier molecular flexibility index (Phi) is 55.3. The normalized spacial score (nSPS) is 12.7. The van der Waals surface area contributed by atoms with Crippen LogP contribution < -0.4 is 0 Å². The molecule has 0 spiro atoms. The van der Waals surface area contributed by atoms with Crippen molar-refractivity contribution in [3.8, 4) is 0 Å². The van der Waals surface area contributed by atoms with Crippen molar-refractivity contribution >= 4 is 17.9 Å². The van der Waals surface area contributed by atoms with Gasteiger partial charge in [0, 0.05) is 19.3 Å². The molecule has 0 saturated heterocycles. The first-order valence-corrected chi connectivity index (χ1v) is 29.6. The zero-order valence-corrected chi connectivity index (χ0v) is 46.0. The van der Waals surface area contributed by atoms with E-state index in [9.17, 15) is 14.4 Å². The predicted molar refractivity (Wildman–Crippen MR) is 302 cm³/mol. The summed E-state index contributed by atoms with van der Waals surface area (Å²) in [5, 5.41) is 0.